The topological polar surface area (TPSA) is 74.8 Å². The van der Waals surface area contributed by atoms with Crippen molar-refractivity contribution < 1.29 is 4.79 Å². The van der Waals surface area contributed by atoms with Crippen molar-refractivity contribution in [3.63, 3.8) is 0 Å². The minimum Gasteiger partial charge on any atom is -0.315 e. The van der Waals surface area contributed by atoms with E-state index < -0.39 is 0 Å². The molecule has 1 heterocycles. The second-order valence-corrected chi connectivity index (χ2v) is 4.45. The average molecular weight is 243 g/mol. The van der Waals surface area contributed by atoms with Gasteiger partial charge in [0.05, 0.1) is 0 Å². The number of carbonyl (C=O) groups excluding carboxylic acids is 1. The fourth-order valence-electron chi connectivity index (χ4n) is 2.11. The van der Waals surface area contributed by atoms with Crippen LogP contribution >= 0.6 is 0 Å². The summed E-state index contributed by atoms with van der Waals surface area (Å²) in [6.45, 7) is 0. The van der Waals surface area contributed by atoms with E-state index >= 15 is 0 Å². The van der Waals surface area contributed by atoms with Gasteiger partial charge in [-0.2, -0.15) is 5.21 Å². The Morgan fingerprint density at radius 3 is 2.83 bits per heavy atom. The van der Waals surface area contributed by atoms with Crippen LogP contribution in [0.1, 0.15) is 18.2 Å². The van der Waals surface area contributed by atoms with E-state index in [1.54, 1.807) is 11.9 Å². The van der Waals surface area contributed by atoms with Gasteiger partial charge < -0.3 is 4.90 Å². The summed E-state index contributed by atoms with van der Waals surface area (Å²) in [6, 6.07) is 9.61. The molecule has 2 aromatic rings. The highest BCUT2D eigenvalue weighted by Crippen LogP contribution is 2.46. The maximum absolute atomic E-state index is 12.3. The lowest BCUT2D eigenvalue weighted by Crippen LogP contribution is -2.28. The Bertz CT molecular complexity index is 539. The van der Waals surface area contributed by atoms with E-state index in [1.165, 1.54) is 0 Å². The zero-order chi connectivity index (χ0) is 12.5. The Balaban J connectivity index is 1.70. The van der Waals surface area contributed by atoms with E-state index in [1.807, 2.05) is 30.3 Å². The number of aromatic nitrogens is 4. The summed E-state index contributed by atoms with van der Waals surface area (Å²) >= 11 is 0. The first-order valence-corrected chi connectivity index (χ1v) is 5.83. The number of para-hydroxylation sites is 1. The van der Waals surface area contributed by atoms with Crippen LogP contribution in [0.25, 0.3) is 0 Å². The summed E-state index contributed by atoms with van der Waals surface area (Å²) in [6.07, 6.45) is 0.801. The molecule has 1 amide bonds. The molecule has 0 saturated heterocycles. The second-order valence-electron chi connectivity index (χ2n) is 4.45. The van der Waals surface area contributed by atoms with E-state index in [-0.39, 0.29) is 17.7 Å². The van der Waals surface area contributed by atoms with Crippen LogP contribution in [0.2, 0.25) is 0 Å². The summed E-state index contributed by atoms with van der Waals surface area (Å²) in [5.41, 5.74) is 0.904. The normalized spacial score (nSPS) is 21.6. The molecule has 1 aliphatic carbocycles. The van der Waals surface area contributed by atoms with Crippen LogP contribution in [0, 0.1) is 5.92 Å². The van der Waals surface area contributed by atoms with Gasteiger partial charge in [0.2, 0.25) is 5.91 Å². The molecule has 6 heteroatoms. The molecule has 3 rings (SSSR count). The number of H-pyrrole nitrogens is 1. The van der Waals surface area contributed by atoms with E-state index in [2.05, 4.69) is 20.6 Å². The molecule has 92 valence electrons. The number of carbonyl (C=O) groups is 1. The Labute approximate surface area is 104 Å². The average Bonchev–Trinajstić information content (AvgIpc) is 3.03. The number of nitrogens with one attached hydrogen (secondary N) is 1. The lowest BCUT2D eigenvalue weighted by molar-refractivity contribution is -0.119. The van der Waals surface area contributed by atoms with E-state index in [4.69, 9.17) is 0 Å². The number of aromatic amines is 1. The van der Waals surface area contributed by atoms with Crippen molar-refractivity contribution in [1.82, 2.24) is 20.6 Å². The molecular weight excluding hydrogens is 230 g/mol. The van der Waals surface area contributed by atoms with Gasteiger partial charge in [-0.15, -0.1) is 10.2 Å². The number of hydrogen-bond donors (Lipinski definition) is 1. The molecule has 0 aliphatic heterocycles. The fourth-order valence-corrected chi connectivity index (χ4v) is 2.11. The van der Waals surface area contributed by atoms with Crippen molar-refractivity contribution in [2.24, 2.45) is 5.92 Å². The number of hydrogen-bond acceptors (Lipinski definition) is 4. The Morgan fingerprint density at radius 1 is 1.39 bits per heavy atom. The van der Waals surface area contributed by atoms with Gasteiger partial charge in [0.1, 0.15) is 0 Å². The molecule has 0 radical (unpaired) electrons. The number of amides is 1. The Hall–Kier alpha value is -2.24. The SMILES string of the molecule is CN(C(=O)[C@@H]1C[C@H]1c1nn[nH]n1)c1ccccc1. The van der Waals surface area contributed by atoms with Crippen molar-refractivity contribution in [2.45, 2.75) is 12.3 Å². The standard InChI is InChI=1S/C12H13N5O/c1-17(8-5-3-2-4-6-8)12(18)10-7-9(10)11-13-15-16-14-11/h2-6,9-10H,7H2,1H3,(H,13,14,15,16)/t9-,10-/m1/s1. The van der Waals surface area contributed by atoms with Crippen molar-refractivity contribution in [3.05, 3.63) is 36.2 Å². The van der Waals surface area contributed by atoms with E-state index in [0.717, 1.165) is 12.1 Å². The van der Waals surface area contributed by atoms with E-state index in [0.29, 0.717) is 5.82 Å². The zero-order valence-corrected chi connectivity index (χ0v) is 9.95. The lowest BCUT2D eigenvalue weighted by atomic mass is 10.2. The Morgan fingerprint density at radius 2 is 2.17 bits per heavy atom. The number of nitrogens with zero attached hydrogens (tertiary/aromatic N) is 4. The third kappa shape index (κ3) is 1.85. The summed E-state index contributed by atoms with van der Waals surface area (Å²) in [5.74, 6) is 0.834. The highest BCUT2D eigenvalue weighted by molar-refractivity contribution is 5.96. The van der Waals surface area contributed by atoms with Crippen LogP contribution in [-0.2, 0) is 4.79 Å². The van der Waals surface area contributed by atoms with Crippen molar-refractivity contribution >= 4 is 11.6 Å². The van der Waals surface area contributed by atoms with Gasteiger partial charge in [0.25, 0.3) is 0 Å². The molecule has 1 aromatic carbocycles. The van der Waals surface area contributed by atoms with Crippen LogP contribution < -0.4 is 4.90 Å². The summed E-state index contributed by atoms with van der Waals surface area (Å²) in [7, 11) is 1.79. The molecule has 18 heavy (non-hydrogen) atoms. The highest BCUT2D eigenvalue weighted by atomic mass is 16.2. The van der Waals surface area contributed by atoms with Gasteiger partial charge >= 0.3 is 0 Å². The smallest absolute Gasteiger partial charge is 0.230 e. The molecule has 1 N–H and O–H groups in total. The molecule has 0 spiro atoms. The molecule has 1 saturated carbocycles. The molecule has 1 fully saturated rings. The van der Waals surface area contributed by atoms with Crippen LogP contribution in [0.4, 0.5) is 5.69 Å². The first-order valence-electron chi connectivity index (χ1n) is 5.83. The van der Waals surface area contributed by atoms with Crippen LogP contribution in [0.15, 0.2) is 30.3 Å². The van der Waals surface area contributed by atoms with Gasteiger partial charge in [0, 0.05) is 24.6 Å². The molecule has 1 aliphatic rings. The number of tetrazole rings is 1. The summed E-state index contributed by atoms with van der Waals surface area (Å²) in [4.78, 5) is 13.9. The second kappa shape index (κ2) is 4.21. The largest absolute Gasteiger partial charge is 0.315 e. The molecule has 6 nitrogen and oxygen atoms in total. The number of benzene rings is 1. The third-order valence-corrected chi connectivity index (χ3v) is 3.28. The summed E-state index contributed by atoms with van der Waals surface area (Å²) < 4.78 is 0. The summed E-state index contributed by atoms with van der Waals surface area (Å²) in [5, 5.41) is 13.8. The first-order chi connectivity index (χ1) is 8.77. The number of rotatable bonds is 3. The molecular formula is C12H13N5O. The number of anilines is 1. The minimum absolute atomic E-state index is 0.0205. The molecule has 0 unspecified atom stereocenters. The molecule has 1 aromatic heterocycles. The maximum atomic E-state index is 12.3. The van der Waals surface area contributed by atoms with Crippen LogP contribution in [0.5, 0.6) is 0 Å². The van der Waals surface area contributed by atoms with Crippen molar-refractivity contribution in [2.75, 3.05) is 11.9 Å². The fraction of sp³-hybridized carbons (Fsp3) is 0.333. The van der Waals surface area contributed by atoms with Gasteiger partial charge in [-0.25, -0.2) is 0 Å². The maximum Gasteiger partial charge on any atom is 0.230 e. The minimum atomic E-state index is -0.0205. The van der Waals surface area contributed by atoms with Crippen molar-refractivity contribution in [1.29, 1.82) is 0 Å². The van der Waals surface area contributed by atoms with Gasteiger partial charge in [-0.1, -0.05) is 23.4 Å². The third-order valence-electron chi connectivity index (χ3n) is 3.28. The Kier molecular flexibility index (Phi) is 2.55. The first kappa shape index (κ1) is 10.9. The highest BCUT2D eigenvalue weighted by Gasteiger charge is 2.48. The van der Waals surface area contributed by atoms with Gasteiger partial charge in [-0.3, -0.25) is 4.79 Å². The quantitative estimate of drug-likeness (QED) is 0.871. The van der Waals surface area contributed by atoms with Gasteiger partial charge in [-0.05, 0) is 18.6 Å². The monoisotopic (exact) mass is 243 g/mol. The predicted octanol–water partition coefficient (Wildman–Crippen LogP) is 0.966. The predicted molar refractivity (Wildman–Crippen MR) is 64.9 cm³/mol. The molecule has 2 atom stereocenters. The van der Waals surface area contributed by atoms with Crippen molar-refractivity contribution in [3.8, 4) is 0 Å². The van der Waals surface area contributed by atoms with E-state index in [9.17, 15) is 4.79 Å². The zero-order valence-electron chi connectivity index (χ0n) is 9.95. The van der Waals surface area contributed by atoms with Gasteiger partial charge in [0.15, 0.2) is 5.82 Å². The van der Waals surface area contributed by atoms with Crippen LogP contribution in [-0.4, -0.2) is 33.6 Å². The lowest BCUT2D eigenvalue weighted by Gasteiger charge is -2.16. The molecule has 0 bridgehead atoms. The van der Waals surface area contributed by atoms with Crippen LogP contribution in [0.3, 0.4) is 0 Å².